The average molecular weight is 257 g/mol. The molecule has 3 rings (SSSR count). The summed E-state index contributed by atoms with van der Waals surface area (Å²) in [5, 5.41) is 3.37. The van der Waals surface area contributed by atoms with Crippen molar-refractivity contribution in [3.63, 3.8) is 0 Å². The molecular formula is C15H19N3O. The zero-order chi connectivity index (χ0) is 13.2. The van der Waals surface area contributed by atoms with Gasteiger partial charge >= 0.3 is 0 Å². The summed E-state index contributed by atoms with van der Waals surface area (Å²) in [5.74, 6) is 1.92. The SMILES string of the molecule is CCc1cn2c(n1)NCCC2c1ccccc1OC. The van der Waals surface area contributed by atoms with Gasteiger partial charge in [-0.1, -0.05) is 25.1 Å². The van der Waals surface area contributed by atoms with Crippen LogP contribution in [0.2, 0.25) is 0 Å². The van der Waals surface area contributed by atoms with Crippen LogP contribution in [0.5, 0.6) is 5.75 Å². The van der Waals surface area contributed by atoms with E-state index in [0.29, 0.717) is 6.04 Å². The number of rotatable bonds is 3. The van der Waals surface area contributed by atoms with Crippen molar-refractivity contribution in [3.05, 3.63) is 41.7 Å². The van der Waals surface area contributed by atoms with E-state index in [4.69, 9.17) is 4.74 Å². The smallest absolute Gasteiger partial charge is 0.203 e. The molecule has 0 saturated heterocycles. The number of hydrogen-bond donors (Lipinski definition) is 1. The van der Waals surface area contributed by atoms with Crippen LogP contribution in [-0.2, 0) is 6.42 Å². The third-order valence-corrected chi connectivity index (χ3v) is 3.68. The zero-order valence-corrected chi connectivity index (χ0v) is 11.4. The summed E-state index contributed by atoms with van der Waals surface area (Å²) in [7, 11) is 1.73. The van der Waals surface area contributed by atoms with Crippen LogP contribution in [-0.4, -0.2) is 23.2 Å². The highest BCUT2D eigenvalue weighted by Gasteiger charge is 2.24. The number of ether oxygens (including phenoxy) is 1. The molecule has 2 aromatic rings. The molecule has 0 saturated carbocycles. The summed E-state index contributed by atoms with van der Waals surface area (Å²) >= 11 is 0. The molecule has 0 aliphatic carbocycles. The fraction of sp³-hybridized carbons (Fsp3) is 0.400. The molecule has 4 heteroatoms. The Morgan fingerprint density at radius 3 is 3.05 bits per heavy atom. The standard InChI is InChI=1S/C15H19N3O/c1-3-11-10-18-13(8-9-16-15(18)17-11)12-6-4-5-7-14(12)19-2/h4-7,10,13H,3,8-9H2,1-2H3,(H,16,17). The van der Waals surface area contributed by atoms with Crippen LogP contribution in [0, 0.1) is 0 Å². The molecule has 2 heterocycles. The molecule has 0 amide bonds. The van der Waals surface area contributed by atoms with Gasteiger partial charge in [-0.15, -0.1) is 0 Å². The Morgan fingerprint density at radius 1 is 1.42 bits per heavy atom. The molecule has 1 aliphatic heterocycles. The number of fused-ring (bicyclic) bond motifs is 1. The number of anilines is 1. The highest BCUT2D eigenvalue weighted by molar-refractivity contribution is 5.41. The molecule has 0 fully saturated rings. The number of nitrogens with one attached hydrogen (secondary N) is 1. The first kappa shape index (κ1) is 12.1. The second-order valence-electron chi connectivity index (χ2n) is 4.79. The molecule has 0 spiro atoms. The van der Waals surface area contributed by atoms with E-state index in [2.05, 4.69) is 40.1 Å². The van der Waals surface area contributed by atoms with Crippen molar-refractivity contribution in [2.75, 3.05) is 19.0 Å². The van der Waals surface area contributed by atoms with E-state index in [0.717, 1.165) is 36.8 Å². The van der Waals surface area contributed by atoms with E-state index in [9.17, 15) is 0 Å². The number of benzene rings is 1. The Hall–Kier alpha value is -1.97. The summed E-state index contributed by atoms with van der Waals surface area (Å²) in [5.41, 5.74) is 2.36. The molecule has 1 aromatic carbocycles. The van der Waals surface area contributed by atoms with Crippen LogP contribution in [0.3, 0.4) is 0 Å². The van der Waals surface area contributed by atoms with Gasteiger partial charge in [0.15, 0.2) is 0 Å². The van der Waals surface area contributed by atoms with Crippen molar-refractivity contribution in [1.29, 1.82) is 0 Å². The van der Waals surface area contributed by atoms with Crippen molar-refractivity contribution in [1.82, 2.24) is 9.55 Å². The number of para-hydroxylation sites is 1. The lowest BCUT2D eigenvalue weighted by Crippen LogP contribution is -2.23. The molecule has 4 nitrogen and oxygen atoms in total. The van der Waals surface area contributed by atoms with E-state index < -0.39 is 0 Å². The predicted molar refractivity (Wildman–Crippen MR) is 75.8 cm³/mol. The third kappa shape index (κ3) is 2.07. The second kappa shape index (κ2) is 4.96. The molecule has 19 heavy (non-hydrogen) atoms. The number of imidazole rings is 1. The fourth-order valence-corrected chi connectivity index (χ4v) is 2.69. The summed E-state index contributed by atoms with van der Waals surface area (Å²) in [6, 6.07) is 8.55. The van der Waals surface area contributed by atoms with E-state index in [1.165, 1.54) is 5.56 Å². The summed E-state index contributed by atoms with van der Waals surface area (Å²) < 4.78 is 7.73. The summed E-state index contributed by atoms with van der Waals surface area (Å²) in [4.78, 5) is 4.61. The predicted octanol–water partition coefficient (Wildman–Crippen LogP) is 2.86. The Balaban J connectivity index is 2.05. The van der Waals surface area contributed by atoms with E-state index >= 15 is 0 Å². The molecule has 0 radical (unpaired) electrons. The van der Waals surface area contributed by atoms with Crippen LogP contribution in [0.25, 0.3) is 0 Å². The minimum atomic E-state index is 0.306. The first-order valence-corrected chi connectivity index (χ1v) is 6.78. The van der Waals surface area contributed by atoms with Gasteiger partial charge in [0.05, 0.1) is 18.8 Å². The van der Waals surface area contributed by atoms with E-state index in [1.54, 1.807) is 7.11 Å². The average Bonchev–Trinajstić information content (AvgIpc) is 2.90. The maximum atomic E-state index is 5.49. The summed E-state index contributed by atoms with van der Waals surface area (Å²) in [6.07, 6.45) is 4.16. The number of nitrogens with zero attached hydrogens (tertiary/aromatic N) is 2. The number of aryl methyl sites for hydroxylation is 1. The first-order valence-electron chi connectivity index (χ1n) is 6.78. The lowest BCUT2D eigenvalue weighted by atomic mass is 10.0. The molecule has 1 aliphatic rings. The highest BCUT2D eigenvalue weighted by atomic mass is 16.5. The largest absolute Gasteiger partial charge is 0.496 e. The first-order chi connectivity index (χ1) is 9.33. The van der Waals surface area contributed by atoms with Gasteiger partial charge < -0.3 is 14.6 Å². The minimum Gasteiger partial charge on any atom is -0.496 e. The van der Waals surface area contributed by atoms with Crippen molar-refractivity contribution >= 4 is 5.95 Å². The fourth-order valence-electron chi connectivity index (χ4n) is 2.69. The lowest BCUT2D eigenvalue weighted by Gasteiger charge is -2.27. The van der Waals surface area contributed by atoms with E-state index in [1.807, 2.05) is 12.1 Å². The van der Waals surface area contributed by atoms with Crippen LogP contribution in [0.4, 0.5) is 5.95 Å². The van der Waals surface area contributed by atoms with Crippen molar-refractivity contribution < 1.29 is 4.74 Å². The maximum Gasteiger partial charge on any atom is 0.203 e. The van der Waals surface area contributed by atoms with Crippen molar-refractivity contribution in [2.24, 2.45) is 0 Å². The number of aromatic nitrogens is 2. The minimum absolute atomic E-state index is 0.306. The Kier molecular flexibility index (Phi) is 3.15. The Labute approximate surface area is 113 Å². The molecule has 0 bridgehead atoms. The normalized spacial score (nSPS) is 17.7. The van der Waals surface area contributed by atoms with Crippen LogP contribution >= 0.6 is 0 Å². The second-order valence-corrected chi connectivity index (χ2v) is 4.79. The number of hydrogen-bond acceptors (Lipinski definition) is 3. The van der Waals surface area contributed by atoms with Gasteiger partial charge in [-0.3, -0.25) is 0 Å². The van der Waals surface area contributed by atoms with Gasteiger partial charge in [-0.2, -0.15) is 0 Å². The molecule has 1 aromatic heterocycles. The van der Waals surface area contributed by atoms with Crippen LogP contribution in [0.15, 0.2) is 30.5 Å². The lowest BCUT2D eigenvalue weighted by molar-refractivity contribution is 0.397. The monoisotopic (exact) mass is 257 g/mol. The van der Waals surface area contributed by atoms with Crippen molar-refractivity contribution in [2.45, 2.75) is 25.8 Å². The van der Waals surface area contributed by atoms with Gasteiger partial charge in [0.2, 0.25) is 5.95 Å². The Morgan fingerprint density at radius 2 is 2.26 bits per heavy atom. The van der Waals surface area contributed by atoms with Crippen LogP contribution < -0.4 is 10.1 Å². The molecule has 1 N–H and O–H groups in total. The Bertz CT molecular complexity index is 577. The van der Waals surface area contributed by atoms with Gasteiger partial charge in [-0.05, 0) is 18.9 Å². The zero-order valence-electron chi connectivity index (χ0n) is 11.4. The van der Waals surface area contributed by atoms with Crippen LogP contribution in [0.1, 0.15) is 30.6 Å². The van der Waals surface area contributed by atoms with Crippen molar-refractivity contribution in [3.8, 4) is 5.75 Å². The van der Waals surface area contributed by atoms with Gasteiger partial charge in [0.25, 0.3) is 0 Å². The molecule has 1 unspecified atom stereocenters. The van der Waals surface area contributed by atoms with E-state index in [-0.39, 0.29) is 0 Å². The van der Waals surface area contributed by atoms with Gasteiger partial charge in [-0.25, -0.2) is 4.98 Å². The van der Waals surface area contributed by atoms with Gasteiger partial charge in [0.1, 0.15) is 5.75 Å². The number of methoxy groups -OCH3 is 1. The quantitative estimate of drug-likeness (QED) is 0.919. The topological polar surface area (TPSA) is 39.1 Å². The third-order valence-electron chi connectivity index (χ3n) is 3.68. The molecular weight excluding hydrogens is 238 g/mol. The molecule has 1 atom stereocenters. The van der Waals surface area contributed by atoms with Gasteiger partial charge in [0, 0.05) is 18.3 Å². The highest BCUT2D eigenvalue weighted by Crippen LogP contribution is 2.34. The summed E-state index contributed by atoms with van der Waals surface area (Å²) in [6.45, 7) is 3.08. The molecule has 100 valence electrons. The maximum absolute atomic E-state index is 5.49.